The van der Waals surface area contributed by atoms with E-state index in [1.165, 1.54) is 57.3 Å². The van der Waals surface area contributed by atoms with Crippen LogP contribution in [0.2, 0.25) is 0 Å². The Labute approximate surface area is 254 Å². The van der Waals surface area contributed by atoms with Crippen molar-refractivity contribution in [2.75, 3.05) is 7.11 Å². The summed E-state index contributed by atoms with van der Waals surface area (Å²) in [6, 6.07) is 5.03. The van der Waals surface area contributed by atoms with E-state index in [1.807, 2.05) is 0 Å². The van der Waals surface area contributed by atoms with E-state index >= 15 is 0 Å². The van der Waals surface area contributed by atoms with E-state index in [4.69, 9.17) is 9.47 Å². The molecule has 0 radical (unpaired) electrons. The molecule has 0 amide bonds. The Kier molecular flexibility index (Phi) is 9.03. The second-order valence-electron chi connectivity index (χ2n) is 14.7. The van der Waals surface area contributed by atoms with Crippen LogP contribution in [0.3, 0.4) is 0 Å². The van der Waals surface area contributed by atoms with Crippen molar-refractivity contribution < 1.29 is 19.4 Å². The minimum Gasteiger partial charge on any atom is -0.504 e. The van der Waals surface area contributed by atoms with Gasteiger partial charge >= 0.3 is 5.97 Å². The van der Waals surface area contributed by atoms with Gasteiger partial charge < -0.3 is 14.6 Å². The molecule has 1 N–H and O–H groups in total. The number of allylic oxidation sites excluding steroid dienone is 3. The number of phenols is 1. The first-order valence-electron chi connectivity index (χ1n) is 16.6. The molecule has 4 heteroatoms. The summed E-state index contributed by atoms with van der Waals surface area (Å²) in [5, 5.41) is 9.81. The van der Waals surface area contributed by atoms with Crippen molar-refractivity contribution in [1.29, 1.82) is 0 Å². The fourth-order valence-corrected chi connectivity index (χ4v) is 9.88. The highest BCUT2D eigenvalue weighted by molar-refractivity contribution is 5.87. The Balaban J connectivity index is 1.24. The molecule has 4 aliphatic carbocycles. The van der Waals surface area contributed by atoms with Gasteiger partial charge in [0.15, 0.2) is 11.5 Å². The molecular formula is C38H54O4. The zero-order valence-corrected chi connectivity index (χ0v) is 27.1. The number of carbonyl (C=O) groups excluding carboxylic acids is 1. The van der Waals surface area contributed by atoms with Crippen LogP contribution < -0.4 is 4.74 Å². The van der Waals surface area contributed by atoms with Crippen LogP contribution in [0, 0.1) is 46.3 Å². The predicted octanol–water partition coefficient (Wildman–Crippen LogP) is 9.53. The summed E-state index contributed by atoms with van der Waals surface area (Å²) in [4.78, 5) is 12.7. The molecule has 0 spiro atoms. The summed E-state index contributed by atoms with van der Waals surface area (Å²) in [6.45, 7) is 14.7. The zero-order valence-electron chi connectivity index (χ0n) is 27.1. The van der Waals surface area contributed by atoms with E-state index in [0.29, 0.717) is 23.0 Å². The van der Waals surface area contributed by atoms with Crippen molar-refractivity contribution in [1.82, 2.24) is 0 Å². The van der Waals surface area contributed by atoms with Crippen LogP contribution in [0.5, 0.6) is 11.5 Å². The van der Waals surface area contributed by atoms with E-state index < -0.39 is 0 Å². The molecule has 8 atom stereocenters. The molecule has 4 nitrogen and oxygen atoms in total. The van der Waals surface area contributed by atoms with Gasteiger partial charge in [-0.05, 0) is 128 Å². The maximum absolute atomic E-state index is 12.7. The molecule has 0 aromatic heterocycles. The quantitative estimate of drug-likeness (QED) is 0.191. The minimum absolute atomic E-state index is 0.0580. The van der Waals surface area contributed by atoms with Crippen molar-refractivity contribution >= 4 is 12.0 Å². The summed E-state index contributed by atoms with van der Waals surface area (Å²) in [5.74, 6) is 4.66. The topological polar surface area (TPSA) is 55.8 Å². The number of methoxy groups -OCH3 is 1. The first-order chi connectivity index (χ1) is 20.0. The third kappa shape index (κ3) is 5.72. The number of rotatable bonds is 8. The summed E-state index contributed by atoms with van der Waals surface area (Å²) in [7, 11) is 1.51. The van der Waals surface area contributed by atoms with E-state index in [2.05, 4.69) is 53.7 Å². The average molecular weight is 575 g/mol. The summed E-state index contributed by atoms with van der Waals surface area (Å²) in [6.07, 6.45) is 19.1. The lowest BCUT2D eigenvalue weighted by Gasteiger charge is -2.58. The first kappa shape index (κ1) is 31.0. The number of ether oxygens (including phenoxy) is 2. The Morgan fingerprint density at radius 1 is 1.12 bits per heavy atom. The predicted molar refractivity (Wildman–Crippen MR) is 171 cm³/mol. The number of hydrogen-bond acceptors (Lipinski definition) is 4. The monoisotopic (exact) mass is 574 g/mol. The van der Waals surface area contributed by atoms with Crippen molar-refractivity contribution in [3.63, 3.8) is 0 Å². The lowest BCUT2D eigenvalue weighted by molar-refractivity contribution is -0.145. The van der Waals surface area contributed by atoms with Gasteiger partial charge in [-0.1, -0.05) is 64.0 Å². The van der Waals surface area contributed by atoms with Crippen LogP contribution in [-0.4, -0.2) is 24.3 Å². The Bertz CT molecular complexity index is 1240. The minimum atomic E-state index is -0.304. The van der Waals surface area contributed by atoms with Gasteiger partial charge in [0.05, 0.1) is 7.11 Å². The highest BCUT2D eigenvalue weighted by Gasteiger charge is 2.58. The van der Waals surface area contributed by atoms with Gasteiger partial charge in [-0.2, -0.15) is 0 Å². The third-order valence-corrected chi connectivity index (χ3v) is 12.3. The molecule has 8 unspecified atom stereocenters. The Hall–Kier alpha value is -2.49. The molecular weight excluding hydrogens is 520 g/mol. The van der Waals surface area contributed by atoms with E-state index in [9.17, 15) is 9.90 Å². The number of aromatic hydroxyl groups is 1. The molecule has 1 aromatic rings. The van der Waals surface area contributed by atoms with Crippen LogP contribution in [0.1, 0.15) is 105 Å². The maximum atomic E-state index is 12.7. The molecule has 1 aromatic carbocycles. The molecule has 0 saturated heterocycles. The molecule has 42 heavy (non-hydrogen) atoms. The van der Waals surface area contributed by atoms with Crippen molar-refractivity contribution in [3.8, 4) is 11.5 Å². The smallest absolute Gasteiger partial charge is 0.331 e. The van der Waals surface area contributed by atoms with Gasteiger partial charge in [0.1, 0.15) is 6.10 Å². The van der Waals surface area contributed by atoms with Crippen LogP contribution in [-0.2, 0) is 9.53 Å². The van der Waals surface area contributed by atoms with Gasteiger partial charge in [-0.15, -0.1) is 0 Å². The third-order valence-electron chi connectivity index (χ3n) is 12.3. The fourth-order valence-electron chi connectivity index (χ4n) is 9.88. The van der Waals surface area contributed by atoms with Crippen molar-refractivity contribution in [3.05, 3.63) is 53.1 Å². The molecule has 4 aliphatic rings. The van der Waals surface area contributed by atoms with Crippen LogP contribution in [0.15, 0.2) is 47.6 Å². The highest BCUT2D eigenvalue weighted by atomic mass is 16.5. The lowest BCUT2D eigenvalue weighted by atomic mass is 9.47. The summed E-state index contributed by atoms with van der Waals surface area (Å²) in [5.41, 5.74) is 4.65. The van der Waals surface area contributed by atoms with Crippen molar-refractivity contribution in [2.45, 2.75) is 105 Å². The number of phenolic OH excluding ortho intramolecular Hbond substituents is 1. The zero-order chi connectivity index (χ0) is 30.2. The molecule has 3 fully saturated rings. The highest BCUT2D eigenvalue weighted by Crippen LogP contribution is 2.67. The van der Waals surface area contributed by atoms with Gasteiger partial charge in [0.2, 0.25) is 0 Å². The molecule has 0 aliphatic heterocycles. The van der Waals surface area contributed by atoms with E-state index in [0.717, 1.165) is 48.5 Å². The van der Waals surface area contributed by atoms with Crippen molar-refractivity contribution in [2.24, 2.45) is 46.3 Å². The van der Waals surface area contributed by atoms with Crippen LogP contribution in [0.4, 0.5) is 0 Å². The fraction of sp³-hybridized carbons (Fsp3) is 0.658. The number of fused-ring (bicyclic) bond motifs is 5. The van der Waals surface area contributed by atoms with Gasteiger partial charge in [-0.25, -0.2) is 4.79 Å². The Morgan fingerprint density at radius 3 is 2.62 bits per heavy atom. The largest absolute Gasteiger partial charge is 0.504 e. The summed E-state index contributed by atoms with van der Waals surface area (Å²) >= 11 is 0. The van der Waals surface area contributed by atoms with E-state index in [1.54, 1.807) is 29.8 Å². The van der Waals surface area contributed by atoms with Crippen LogP contribution in [0.25, 0.3) is 6.08 Å². The first-order valence-corrected chi connectivity index (χ1v) is 16.6. The lowest BCUT2D eigenvalue weighted by Crippen LogP contribution is -2.50. The maximum Gasteiger partial charge on any atom is 0.331 e. The molecule has 0 bridgehead atoms. The Morgan fingerprint density at radius 2 is 1.90 bits per heavy atom. The van der Waals surface area contributed by atoms with Gasteiger partial charge in [-0.3, -0.25) is 0 Å². The average Bonchev–Trinajstić information content (AvgIpc) is 3.32. The summed E-state index contributed by atoms with van der Waals surface area (Å²) < 4.78 is 11.1. The molecule has 230 valence electrons. The number of benzene rings is 1. The van der Waals surface area contributed by atoms with Crippen LogP contribution >= 0.6 is 0 Å². The van der Waals surface area contributed by atoms with Gasteiger partial charge in [0, 0.05) is 12.5 Å². The van der Waals surface area contributed by atoms with Gasteiger partial charge in [0.25, 0.3) is 0 Å². The molecule has 5 rings (SSSR count). The molecule has 3 saturated carbocycles. The second-order valence-corrected chi connectivity index (χ2v) is 14.7. The molecule has 0 heterocycles. The normalized spacial score (nSPS) is 35.3. The number of esters is 1. The standard InChI is InChI=1S/C38H54O4/c1-8-27(24(2)3)21-25(4)31-13-14-32-30-12-11-28-23-29(17-19-37(28,5)33(30)18-20-38(31,32)6)42-36(40)16-10-26-9-15-34(39)35(22-26)41-7/h9-11,15-16,21-22,24,27,29-33,39H,8,12-14,17-20,23H2,1-7H3/b16-10+,25-21+. The number of hydrogen-bond donors (Lipinski definition) is 1. The SMILES string of the molecule is CCC(/C=C(\C)C1CCC2C3CC=C4CC(OC(=O)/C=C/c5ccc(O)c(OC)c5)CCC4(C)C3CCC12C)C(C)C. The second kappa shape index (κ2) is 12.2. The number of carbonyl (C=O) groups is 1. The van der Waals surface area contributed by atoms with E-state index in [-0.39, 0.29) is 23.2 Å².